The first-order valence-electron chi connectivity index (χ1n) is 5.49. The second-order valence-electron chi connectivity index (χ2n) is 4.68. The number of rotatable bonds is 0. The SMILES string of the molecule is Cc1c(O)ccc2c1C(=N)N(O)C21CCC1. The van der Waals surface area contributed by atoms with Crippen molar-refractivity contribution < 1.29 is 10.3 Å². The number of nitrogens with zero attached hydrogens (tertiary/aromatic N) is 1. The molecule has 1 aliphatic carbocycles. The third-order valence-electron chi connectivity index (χ3n) is 3.97. The van der Waals surface area contributed by atoms with Gasteiger partial charge in [0.1, 0.15) is 5.75 Å². The predicted molar refractivity (Wildman–Crippen MR) is 58.8 cm³/mol. The lowest BCUT2D eigenvalue weighted by molar-refractivity contribution is -0.138. The summed E-state index contributed by atoms with van der Waals surface area (Å²) >= 11 is 0. The molecule has 2 aliphatic rings. The van der Waals surface area contributed by atoms with Crippen LogP contribution in [-0.4, -0.2) is 21.2 Å². The van der Waals surface area contributed by atoms with Gasteiger partial charge in [-0.05, 0) is 37.8 Å². The van der Waals surface area contributed by atoms with Gasteiger partial charge < -0.3 is 5.11 Å². The first-order valence-corrected chi connectivity index (χ1v) is 5.49. The molecule has 1 aromatic carbocycles. The lowest BCUT2D eigenvalue weighted by Gasteiger charge is -2.43. The fourth-order valence-electron chi connectivity index (χ4n) is 2.82. The van der Waals surface area contributed by atoms with Gasteiger partial charge in [0.2, 0.25) is 0 Å². The van der Waals surface area contributed by atoms with Gasteiger partial charge in [0.05, 0.1) is 5.54 Å². The molecule has 3 N–H and O–H groups in total. The standard InChI is InChI=1S/C12H14N2O2/c1-7-9(15)4-3-8-10(7)11(13)14(16)12(8)5-2-6-12/h3-4,13,15-16H,2,5-6H2,1H3. The van der Waals surface area contributed by atoms with Gasteiger partial charge in [-0.15, -0.1) is 0 Å². The number of aromatic hydroxyl groups is 1. The lowest BCUT2D eigenvalue weighted by Crippen LogP contribution is -2.46. The van der Waals surface area contributed by atoms with E-state index >= 15 is 0 Å². The highest BCUT2D eigenvalue weighted by Gasteiger charge is 2.52. The molecule has 3 rings (SSSR count). The van der Waals surface area contributed by atoms with E-state index in [0.29, 0.717) is 11.1 Å². The van der Waals surface area contributed by atoms with E-state index in [1.54, 1.807) is 13.0 Å². The molecule has 1 spiro atoms. The maximum Gasteiger partial charge on any atom is 0.153 e. The van der Waals surface area contributed by atoms with Crippen LogP contribution in [0.15, 0.2) is 12.1 Å². The normalized spacial score (nSPS) is 21.1. The summed E-state index contributed by atoms with van der Waals surface area (Å²) in [7, 11) is 0. The second kappa shape index (κ2) is 2.77. The molecule has 0 aromatic heterocycles. The molecule has 4 nitrogen and oxygen atoms in total. The topological polar surface area (TPSA) is 67.5 Å². The zero-order valence-corrected chi connectivity index (χ0v) is 9.12. The van der Waals surface area contributed by atoms with Gasteiger partial charge in [0.15, 0.2) is 5.84 Å². The molecule has 0 saturated heterocycles. The van der Waals surface area contributed by atoms with Crippen LogP contribution in [0.1, 0.15) is 36.0 Å². The number of benzene rings is 1. The Hall–Kier alpha value is -1.55. The van der Waals surface area contributed by atoms with E-state index in [2.05, 4.69) is 0 Å². The van der Waals surface area contributed by atoms with Crippen LogP contribution in [0.25, 0.3) is 0 Å². The summed E-state index contributed by atoms with van der Waals surface area (Å²) in [5.74, 6) is 0.302. The molecular weight excluding hydrogens is 204 g/mol. The molecule has 1 saturated carbocycles. The van der Waals surface area contributed by atoms with Gasteiger partial charge in [-0.3, -0.25) is 10.6 Å². The van der Waals surface area contributed by atoms with Crippen molar-refractivity contribution in [3.8, 4) is 5.75 Å². The molecule has 16 heavy (non-hydrogen) atoms. The van der Waals surface area contributed by atoms with E-state index < -0.39 is 0 Å². The minimum Gasteiger partial charge on any atom is -0.508 e. The van der Waals surface area contributed by atoms with Gasteiger partial charge in [0.25, 0.3) is 0 Å². The number of hydrogen-bond acceptors (Lipinski definition) is 3. The van der Waals surface area contributed by atoms with Crippen LogP contribution in [0.5, 0.6) is 5.75 Å². The lowest BCUT2D eigenvalue weighted by atomic mass is 9.72. The van der Waals surface area contributed by atoms with Crippen molar-refractivity contribution in [2.45, 2.75) is 31.7 Å². The number of nitrogens with one attached hydrogen (secondary N) is 1. The van der Waals surface area contributed by atoms with E-state index in [1.165, 1.54) is 0 Å². The van der Waals surface area contributed by atoms with Crippen LogP contribution < -0.4 is 0 Å². The highest BCUT2D eigenvalue weighted by Crippen LogP contribution is 2.52. The Balaban J connectivity index is 2.28. The van der Waals surface area contributed by atoms with Gasteiger partial charge in [0, 0.05) is 11.1 Å². The molecule has 0 atom stereocenters. The van der Waals surface area contributed by atoms with Crippen LogP contribution in [0, 0.1) is 12.3 Å². The molecule has 4 heteroatoms. The third kappa shape index (κ3) is 0.865. The molecule has 1 aromatic rings. The zero-order valence-electron chi connectivity index (χ0n) is 9.12. The number of phenols is 1. The summed E-state index contributed by atoms with van der Waals surface area (Å²) in [5.41, 5.74) is 1.99. The Labute approximate surface area is 93.6 Å². The quantitative estimate of drug-likeness (QED) is 0.624. The summed E-state index contributed by atoms with van der Waals surface area (Å²) in [6.45, 7) is 1.79. The van der Waals surface area contributed by atoms with Crippen LogP contribution >= 0.6 is 0 Å². The number of phenolic OH excluding ortho intramolecular Hbond substituents is 1. The molecule has 0 amide bonds. The van der Waals surface area contributed by atoms with Crippen LogP contribution in [0.3, 0.4) is 0 Å². The van der Waals surface area contributed by atoms with Crippen molar-refractivity contribution in [3.05, 3.63) is 28.8 Å². The van der Waals surface area contributed by atoms with Crippen molar-refractivity contribution in [1.82, 2.24) is 5.06 Å². The van der Waals surface area contributed by atoms with Crippen molar-refractivity contribution in [1.29, 1.82) is 5.41 Å². The Bertz CT molecular complexity index is 492. The van der Waals surface area contributed by atoms with Crippen molar-refractivity contribution in [3.63, 3.8) is 0 Å². The first-order chi connectivity index (χ1) is 7.58. The van der Waals surface area contributed by atoms with E-state index in [0.717, 1.165) is 29.9 Å². The third-order valence-corrected chi connectivity index (χ3v) is 3.97. The molecule has 0 bridgehead atoms. The molecule has 1 heterocycles. The maximum absolute atomic E-state index is 10.0. The zero-order chi connectivity index (χ0) is 11.5. The number of hydroxylamine groups is 2. The van der Waals surface area contributed by atoms with Gasteiger partial charge in [-0.2, -0.15) is 0 Å². The Morgan fingerprint density at radius 1 is 1.38 bits per heavy atom. The van der Waals surface area contributed by atoms with Crippen LogP contribution in [-0.2, 0) is 5.54 Å². The van der Waals surface area contributed by atoms with Crippen molar-refractivity contribution >= 4 is 5.84 Å². The predicted octanol–water partition coefficient (Wildman–Crippen LogP) is 2.11. The largest absolute Gasteiger partial charge is 0.508 e. The minimum absolute atomic E-state index is 0.114. The van der Waals surface area contributed by atoms with Crippen molar-refractivity contribution in [2.75, 3.05) is 0 Å². The highest BCUT2D eigenvalue weighted by atomic mass is 16.5. The summed E-state index contributed by atoms with van der Waals surface area (Å²) < 4.78 is 0. The smallest absolute Gasteiger partial charge is 0.153 e. The number of fused-ring (bicyclic) bond motifs is 2. The van der Waals surface area contributed by atoms with Gasteiger partial charge in [-0.25, -0.2) is 5.06 Å². The minimum atomic E-state index is -0.384. The average Bonchev–Trinajstić information content (AvgIpc) is 2.43. The monoisotopic (exact) mass is 218 g/mol. The van der Waals surface area contributed by atoms with E-state index in [4.69, 9.17) is 5.41 Å². The fourth-order valence-corrected chi connectivity index (χ4v) is 2.82. The van der Waals surface area contributed by atoms with E-state index in [1.807, 2.05) is 6.07 Å². The Morgan fingerprint density at radius 2 is 2.06 bits per heavy atom. The number of hydrogen-bond donors (Lipinski definition) is 3. The molecule has 1 fully saturated rings. The highest BCUT2D eigenvalue weighted by molar-refractivity contribution is 6.03. The van der Waals surface area contributed by atoms with Gasteiger partial charge in [-0.1, -0.05) is 6.07 Å². The van der Waals surface area contributed by atoms with Crippen LogP contribution in [0.4, 0.5) is 0 Å². The molecule has 84 valence electrons. The molecular formula is C12H14N2O2. The fraction of sp³-hybridized carbons (Fsp3) is 0.417. The molecule has 0 unspecified atom stereocenters. The van der Waals surface area contributed by atoms with E-state index in [-0.39, 0.29) is 17.1 Å². The van der Waals surface area contributed by atoms with Crippen molar-refractivity contribution in [2.24, 2.45) is 0 Å². The first kappa shape index (κ1) is 9.66. The summed E-state index contributed by atoms with van der Waals surface area (Å²) in [6, 6.07) is 3.49. The molecule has 1 aliphatic heterocycles. The Kier molecular flexibility index (Phi) is 1.67. The molecule has 0 radical (unpaired) electrons. The van der Waals surface area contributed by atoms with E-state index in [9.17, 15) is 10.3 Å². The summed E-state index contributed by atoms with van der Waals surface area (Å²) in [6.07, 6.45) is 2.83. The summed E-state index contributed by atoms with van der Waals surface area (Å²) in [5, 5.41) is 28.7. The second-order valence-corrected chi connectivity index (χ2v) is 4.68. The average molecular weight is 218 g/mol. The Morgan fingerprint density at radius 3 is 2.62 bits per heavy atom. The number of amidine groups is 1. The van der Waals surface area contributed by atoms with Crippen LogP contribution in [0.2, 0.25) is 0 Å². The maximum atomic E-state index is 10.0. The summed E-state index contributed by atoms with van der Waals surface area (Å²) in [4.78, 5) is 0. The van der Waals surface area contributed by atoms with Gasteiger partial charge >= 0.3 is 0 Å².